The van der Waals surface area contributed by atoms with Gasteiger partial charge in [0.25, 0.3) is 0 Å². The molecule has 2 aliphatic rings. The molecule has 2 aliphatic heterocycles. The van der Waals surface area contributed by atoms with Gasteiger partial charge in [-0.1, -0.05) is 31.9 Å². The zero-order valence-corrected chi connectivity index (χ0v) is 19.5. The van der Waals surface area contributed by atoms with Crippen molar-refractivity contribution in [1.29, 1.82) is 0 Å². The highest BCUT2D eigenvalue weighted by Gasteiger charge is 2.39. The van der Waals surface area contributed by atoms with Gasteiger partial charge in [0, 0.05) is 43.0 Å². The third-order valence-electron chi connectivity index (χ3n) is 6.57. The van der Waals surface area contributed by atoms with Crippen molar-refractivity contribution in [3.8, 4) is 5.75 Å². The number of likely N-dealkylation sites (tertiary alicyclic amines) is 1. The Morgan fingerprint density at radius 1 is 1.30 bits per heavy atom. The Morgan fingerprint density at radius 2 is 2.07 bits per heavy atom. The first-order valence-corrected chi connectivity index (χ1v) is 11.8. The smallest absolute Gasteiger partial charge is 0.223 e. The maximum absolute atomic E-state index is 13.1. The van der Waals surface area contributed by atoms with Crippen LogP contribution in [0.25, 0.3) is 0 Å². The van der Waals surface area contributed by atoms with Gasteiger partial charge in [0.2, 0.25) is 5.91 Å². The maximum atomic E-state index is 13.1. The van der Waals surface area contributed by atoms with E-state index >= 15 is 0 Å². The van der Waals surface area contributed by atoms with Crippen molar-refractivity contribution in [1.82, 2.24) is 9.80 Å². The van der Waals surface area contributed by atoms with Crippen LogP contribution in [-0.4, -0.2) is 68.3 Å². The highest BCUT2D eigenvalue weighted by Crippen LogP contribution is 2.36. The van der Waals surface area contributed by atoms with Gasteiger partial charge in [0.1, 0.15) is 5.75 Å². The Morgan fingerprint density at radius 3 is 2.77 bits per heavy atom. The average Bonchev–Trinajstić information content (AvgIpc) is 2.75. The van der Waals surface area contributed by atoms with Gasteiger partial charge in [-0.15, -0.1) is 0 Å². The van der Waals surface area contributed by atoms with E-state index in [4.69, 9.17) is 21.1 Å². The molecule has 0 spiro atoms. The predicted molar refractivity (Wildman–Crippen MR) is 121 cm³/mol. The number of ether oxygens (including phenoxy) is 2. The van der Waals surface area contributed by atoms with E-state index in [0.717, 1.165) is 48.8 Å². The summed E-state index contributed by atoms with van der Waals surface area (Å²) >= 11 is 6.17. The number of carbonyl (C=O) groups is 1. The fourth-order valence-electron chi connectivity index (χ4n) is 4.54. The highest BCUT2D eigenvalue weighted by molar-refractivity contribution is 6.31. The van der Waals surface area contributed by atoms with Crippen LogP contribution in [0.2, 0.25) is 5.02 Å². The minimum Gasteiger partial charge on any atom is -0.493 e. The van der Waals surface area contributed by atoms with Gasteiger partial charge in [0.05, 0.1) is 19.8 Å². The fourth-order valence-corrected chi connectivity index (χ4v) is 4.66. The van der Waals surface area contributed by atoms with Crippen LogP contribution < -0.4 is 4.74 Å². The van der Waals surface area contributed by atoms with E-state index in [1.807, 2.05) is 30.0 Å². The SMILES string of the molecule is CC[C@@H](C)CN1CCC[C@@](COc2ccc(Cl)c(C)c2)(CC(=O)N2CCOCC2)C1. The molecule has 0 saturated carbocycles. The lowest BCUT2D eigenvalue weighted by Gasteiger charge is -2.44. The number of nitrogens with zero attached hydrogens (tertiary/aromatic N) is 2. The zero-order valence-electron chi connectivity index (χ0n) is 18.8. The van der Waals surface area contributed by atoms with Crippen LogP contribution in [0, 0.1) is 18.3 Å². The number of amides is 1. The van der Waals surface area contributed by atoms with Gasteiger partial charge in [-0.2, -0.15) is 0 Å². The molecular formula is C24H37ClN2O3. The largest absolute Gasteiger partial charge is 0.493 e. The van der Waals surface area contributed by atoms with Crippen molar-refractivity contribution in [2.24, 2.45) is 11.3 Å². The molecule has 0 radical (unpaired) electrons. The van der Waals surface area contributed by atoms with Crippen molar-refractivity contribution < 1.29 is 14.3 Å². The van der Waals surface area contributed by atoms with E-state index in [1.165, 1.54) is 6.42 Å². The molecule has 30 heavy (non-hydrogen) atoms. The van der Waals surface area contributed by atoms with E-state index in [-0.39, 0.29) is 11.3 Å². The van der Waals surface area contributed by atoms with Crippen molar-refractivity contribution in [3.63, 3.8) is 0 Å². The van der Waals surface area contributed by atoms with Crippen LogP contribution in [-0.2, 0) is 9.53 Å². The summed E-state index contributed by atoms with van der Waals surface area (Å²) in [5, 5.41) is 0.747. The van der Waals surface area contributed by atoms with Crippen LogP contribution in [0.3, 0.4) is 0 Å². The predicted octanol–water partition coefficient (Wildman–Crippen LogP) is 4.40. The van der Waals surface area contributed by atoms with Crippen LogP contribution in [0.1, 0.15) is 45.1 Å². The van der Waals surface area contributed by atoms with E-state index in [1.54, 1.807) is 0 Å². The normalized spacial score (nSPS) is 23.9. The van der Waals surface area contributed by atoms with E-state index < -0.39 is 0 Å². The molecular weight excluding hydrogens is 400 g/mol. The third-order valence-corrected chi connectivity index (χ3v) is 7.00. The van der Waals surface area contributed by atoms with Gasteiger partial charge in [0.15, 0.2) is 0 Å². The minimum atomic E-state index is -0.158. The number of morpholine rings is 1. The number of carbonyl (C=O) groups excluding carboxylic acids is 1. The summed E-state index contributed by atoms with van der Waals surface area (Å²) in [5.74, 6) is 1.73. The lowest BCUT2D eigenvalue weighted by atomic mass is 9.77. The molecule has 0 aromatic heterocycles. The van der Waals surface area contributed by atoms with Crippen molar-refractivity contribution in [2.45, 2.75) is 46.5 Å². The Bertz CT molecular complexity index is 708. The summed E-state index contributed by atoms with van der Waals surface area (Å²) in [5.41, 5.74) is 0.851. The molecule has 0 aliphatic carbocycles. The number of piperidine rings is 1. The molecule has 2 fully saturated rings. The Balaban J connectivity index is 1.72. The van der Waals surface area contributed by atoms with Crippen LogP contribution in [0.5, 0.6) is 5.75 Å². The number of hydrogen-bond donors (Lipinski definition) is 0. The standard InChI is InChI=1S/C24H37ClN2O3/c1-4-19(2)16-26-9-5-8-24(17-26,15-23(28)27-10-12-29-13-11-27)18-30-21-6-7-22(25)20(3)14-21/h6-7,14,19H,4-5,8-13,15-18H2,1-3H3/t19-,24-/m1/s1. The van der Waals surface area contributed by atoms with Gasteiger partial charge in [-0.05, 0) is 56.0 Å². The first-order chi connectivity index (χ1) is 14.4. The summed E-state index contributed by atoms with van der Waals surface area (Å²) in [4.78, 5) is 17.7. The Hall–Kier alpha value is -1.30. The Labute approximate surface area is 186 Å². The average molecular weight is 437 g/mol. The Kier molecular flexibility index (Phi) is 8.44. The van der Waals surface area contributed by atoms with Gasteiger partial charge < -0.3 is 19.3 Å². The van der Waals surface area contributed by atoms with Crippen LogP contribution >= 0.6 is 11.6 Å². The van der Waals surface area contributed by atoms with Crippen LogP contribution in [0.15, 0.2) is 18.2 Å². The zero-order chi connectivity index (χ0) is 21.6. The molecule has 168 valence electrons. The molecule has 0 unspecified atom stereocenters. The summed E-state index contributed by atoms with van der Waals surface area (Å²) in [6, 6.07) is 5.79. The highest BCUT2D eigenvalue weighted by atomic mass is 35.5. The van der Waals surface area contributed by atoms with Gasteiger partial charge in [-0.3, -0.25) is 4.79 Å². The molecule has 1 aromatic carbocycles. The summed E-state index contributed by atoms with van der Waals surface area (Å²) in [6.07, 6.45) is 3.84. The number of halogens is 1. The number of rotatable bonds is 8. The van der Waals surface area contributed by atoms with E-state index in [0.29, 0.717) is 45.2 Å². The minimum absolute atomic E-state index is 0.158. The first-order valence-electron chi connectivity index (χ1n) is 11.4. The topological polar surface area (TPSA) is 42.0 Å². The molecule has 1 amide bonds. The molecule has 2 saturated heterocycles. The van der Waals surface area contributed by atoms with E-state index in [2.05, 4.69) is 18.7 Å². The second-order valence-corrected chi connectivity index (χ2v) is 9.63. The molecule has 6 heteroatoms. The molecule has 0 bridgehead atoms. The second-order valence-electron chi connectivity index (χ2n) is 9.22. The number of hydrogen-bond acceptors (Lipinski definition) is 4. The summed E-state index contributed by atoms with van der Waals surface area (Å²) < 4.78 is 11.7. The molecule has 2 atom stereocenters. The fraction of sp³-hybridized carbons (Fsp3) is 0.708. The lowest BCUT2D eigenvalue weighted by Crippen LogP contribution is -2.51. The van der Waals surface area contributed by atoms with Crippen molar-refractivity contribution in [2.75, 3.05) is 52.5 Å². The summed E-state index contributed by atoms with van der Waals surface area (Å²) in [6.45, 7) is 12.9. The first kappa shape index (κ1) is 23.4. The molecule has 2 heterocycles. The van der Waals surface area contributed by atoms with E-state index in [9.17, 15) is 4.79 Å². The molecule has 0 N–H and O–H groups in total. The second kappa shape index (κ2) is 10.8. The monoisotopic (exact) mass is 436 g/mol. The molecule has 1 aromatic rings. The number of aryl methyl sites for hydroxylation is 1. The van der Waals surface area contributed by atoms with Crippen LogP contribution in [0.4, 0.5) is 0 Å². The third kappa shape index (κ3) is 6.35. The number of benzene rings is 1. The van der Waals surface area contributed by atoms with Crippen molar-refractivity contribution >= 4 is 17.5 Å². The lowest BCUT2D eigenvalue weighted by molar-refractivity contribution is -0.139. The van der Waals surface area contributed by atoms with Crippen molar-refractivity contribution in [3.05, 3.63) is 28.8 Å². The maximum Gasteiger partial charge on any atom is 0.223 e. The van der Waals surface area contributed by atoms with Gasteiger partial charge >= 0.3 is 0 Å². The quantitative estimate of drug-likeness (QED) is 0.605. The summed E-state index contributed by atoms with van der Waals surface area (Å²) in [7, 11) is 0. The van der Waals surface area contributed by atoms with Gasteiger partial charge in [-0.25, -0.2) is 0 Å². The molecule has 3 rings (SSSR count). The molecule has 5 nitrogen and oxygen atoms in total.